The molecular formula is C11H12FN3. The molecule has 0 amide bonds. The van der Waals surface area contributed by atoms with Gasteiger partial charge in [0.2, 0.25) is 5.95 Å². The molecular weight excluding hydrogens is 193 g/mol. The lowest BCUT2D eigenvalue weighted by Gasteiger charge is -2.08. The summed E-state index contributed by atoms with van der Waals surface area (Å²) in [5.74, 6) is 0.400. The third-order valence-electron chi connectivity index (χ3n) is 2.09. The summed E-state index contributed by atoms with van der Waals surface area (Å²) in [5, 5.41) is 3.07. The van der Waals surface area contributed by atoms with E-state index in [0.717, 1.165) is 6.54 Å². The minimum absolute atomic E-state index is 0.255. The van der Waals surface area contributed by atoms with Gasteiger partial charge in [0, 0.05) is 18.9 Å². The summed E-state index contributed by atoms with van der Waals surface area (Å²) >= 11 is 0. The molecule has 0 radical (unpaired) electrons. The Hall–Kier alpha value is -1.84. The van der Waals surface area contributed by atoms with E-state index >= 15 is 0 Å². The zero-order valence-electron chi connectivity index (χ0n) is 8.44. The number of benzene rings is 1. The van der Waals surface area contributed by atoms with Crippen molar-refractivity contribution >= 4 is 5.95 Å². The second-order valence-corrected chi connectivity index (χ2v) is 3.10. The summed E-state index contributed by atoms with van der Waals surface area (Å²) in [4.78, 5) is 4.11. The van der Waals surface area contributed by atoms with Crippen LogP contribution in [0.5, 0.6) is 0 Å². The fourth-order valence-corrected chi connectivity index (χ4v) is 1.43. The second-order valence-electron chi connectivity index (χ2n) is 3.10. The Labute approximate surface area is 87.6 Å². The maximum absolute atomic E-state index is 13.5. The molecule has 3 nitrogen and oxygen atoms in total. The van der Waals surface area contributed by atoms with Crippen LogP contribution in [0.1, 0.15) is 6.92 Å². The lowest BCUT2D eigenvalue weighted by atomic mass is 10.3. The molecule has 2 aromatic rings. The van der Waals surface area contributed by atoms with Crippen molar-refractivity contribution in [2.24, 2.45) is 0 Å². The lowest BCUT2D eigenvalue weighted by Crippen LogP contribution is -2.06. The van der Waals surface area contributed by atoms with Gasteiger partial charge in [-0.3, -0.25) is 4.57 Å². The Morgan fingerprint density at radius 1 is 1.40 bits per heavy atom. The van der Waals surface area contributed by atoms with E-state index < -0.39 is 0 Å². The summed E-state index contributed by atoms with van der Waals surface area (Å²) in [6.45, 7) is 2.73. The highest BCUT2D eigenvalue weighted by molar-refractivity contribution is 5.42. The molecule has 1 N–H and O–H groups in total. The Morgan fingerprint density at radius 2 is 2.20 bits per heavy atom. The van der Waals surface area contributed by atoms with E-state index in [1.807, 2.05) is 6.92 Å². The van der Waals surface area contributed by atoms with Crippen LogP contribution in [0.25, 0.3) is 5.69 Å². The van der Waals surface area contributed by atoms with Gasteiger partial charge in [0.25, 0.3) is 0 Å². The van der Waals surface area contributed by atoms with E-state index in [1.165, 1.54) is 6.07 Å². The fraction of sp³-hybridized carbons (Fsp3) is 0.182. The molecule has 15 heavy (non-hydrogen) atoms. The average Bonchev–Trinajstić information content (AvgIpc) is 2.67. The monoisotopic (exact) mass is 205 g/mol. The number of rotatable bonds is 3. The van der Waals surface area contributed by atoms with Gasteiger partial charge in [0.05, 0.1) is 5.69 Å². The van der Waals surface area contributed by atoms with E-state index in [1.54, 1.807) is 35.2 Å². The van der Waals surface area contributed by atoms with Crippen LogP contribution in [0, 0.1) is 5.82 Å². The predicted molar refractivity (Wildman–Crippen MR) is 57.7 cm³/mol. The third-order valence-corrected chi connectivity index (χ3v) is 2.09. The molecule has 0 aliphatic rings. The number of hydrogen-bond acceptors (Lipinski definition) is 2. The molecule has 0 bridgehead atoms. The van der Waals surface area contributed by atoms with E-state index in [2.05, 4.69) is 10.3 Å². The molecule has 0 aliphatic heterocycles. The Morgan fingerprint density at radius 3 is 2.93 bits per heavy atom. The summed E-state index contributed by atoms with van der Waals surface area (Å²) in [6, 6.07) is 6.62. The number of hydrogen-bond donors (Lipinski definition) is 1. The summed E-state index contributed by atoms with van der Waals surface area (Å²) in [5.41, 5.74) is 0.506. The van der Waals surface area contributed by atoms with Crippen molar-refractivity contribution in [1.82, 2.24) is 9.55 Å². The van der Waals surface area contributed by atoms with Gasteiger partial charge in [-0.15, -0.1) is 0 Å². The van der Waals surface area contributed by atoms with Crippen LogP contribution >= 0.6 is 0 Å². The normalized spacial score (nSPS) is 10.3. The highest BCUT2D eigenvalue weighted by atomic mass is 19.1. The van der Waals surface area contributed by atoms with Crippen LogP contribution in [0.15, 0.2) is 36.7 Å². The molecule has 0 atom stereocenters. The quantitative estimate of drug-likeness (QED) is 0.834. The first-order valence-corrected chi connectivity index (χ1v) is 4.85. The molecule has 0 aliphatic carbocycles. The van der Waals surface area contributed by atoms with Gasteiger partial charge in [0.15, 0.2) is 0 Å². The highest BCUT2D eigenvalue weighted by Gasteiger charge is 2.07. The van der Waals surface area contributed by atoms with E-state index in [4.69, 9.17) is 0 Å². The number of nitrogens with one attached hydrogen (secondary N) is 1. The SMILES string of the molecule is CCNc1nccn1-c1ccccc1F. The van der Waals surface area contributed by atoms with Crippen molar-refractivity contribution in [2.45, 2.75) is 6.92 Å². The first kappa shape index (κ1) is 9.71. The van der Waals surface area contributed by atoms with Crippen molar-refractivity contribution < 1.29 is 4.39 Å². The van der Waals surface area contributed by atoms with Crippen LogP contribution in [0.3, 0.4) is 0 Å². The van der Waals surface area contributed by atoms with Gasteiger partial charge in [-0.25, -0.2) is 9.37 Å². The van der Waals surface area contributed by atoms with Crippen molar-refractivity contribution in [3.05, 3.63) is 42.5 Å². The highest BCUT2D eigenvalue weighted by Crippen LogP contribution is 2.17. The maximum atomic E-state index is 13.5. The number of halogens is 1. The number of anilines is 1. The Bertz CT molecular complexity index is 451. The molecule has 0 unspecified atom stereocenters. The van der Waals surface area contributed by atoms with Crippen molar-refractivity contribution in [2.75, 3.05) is 11.9 Å². The number of aromatic nitrogens is 2. The van der Waals surface area contributed by atoms with Gasteiger partial charge in [-0.2, -0.15) is 0 Å². The zero-order chi connectivity index (χ0) is 10.7. The molecule has 0 spiro atoms. The molecule has 1 heterocycles. The van der Waals surface area contributed by atoms with E-state index in [9.17, 15) is 4.39 Å². The molecule has 4 heteroatoms. The predicted octanol–water partition coefficient (Wildman–Crippen LogP) is 2.44. The lowest BCUT2D eigenvalue weighted by molar-refractivity contribution is 0.618. The largest absolute Gasteiger partial charge is 0.356 e. The molecule has 1 aromatic heterocycles. The van der Waals surface area contributed by atoms with Crippen LogP contribution in [-0.4, -0.2) is 16.1 Å². The Balaban J connectivity index is 2.45. The van der Waals surface area contributed by atoms with Crippen LogP contribution in [0.2, 0.25) is 0 Å². The van der Waals surface area contributed by atoms with Crippen molar-refractivity contribution in [3.8, 4) is 5.69 Å². The first-order chi connectivity index (χ1) is 7.33. The van der Waals surface area contributed by atoms with Crippen molar-refractivity contribution in [1.29, 1.82) is 0 Å². The van der Waals surface area contributed by atoms with Gasteiger partial charge in [-0.1, -0.05) is 12.1 Å². The third kappa shape index (κ3) is 1.83. The van der Waals surface area contributed by atoms with Crippen LogP contribution in [-0.2, 0) is 0 Å². The smallest absolute Gasteiger partial charge is 0.207 e. The Kier molecular flexibility index (Phi) is 2.67. The average molecular weight is 205 g/mol. The van der Waals surface area contributed by atoms with Gasteiger partial charge in [0.1, 0.15) is 5.82 Å². The molecule has 0 saturated carbocycles. The van der Waals surface area contributed by atoms with Gasteiger partial charge >= 0.3 is 0 Å². The maximum Gasteiger partial charge on any atom is 0.207 e. The first-order valence-electron chi connectivity index (χ1n) is 4.85. The topological polar surface area (TPSA) is 29.9 Å². The van der Waals surface area contributed by atoms with E-state index in [-0.39, 0.29) is 5.82 Å². The van der Waals surface area contributed by atoms with Crippen LogP contribution < -0.4 is 5.32 Å². The van der Waals surface area contributed by atoms with Gasteiger partial charge in [-0.05, 0) is 19.1 Å². The van der Waals surface area contributed by atoms with Crippen LogP contribution in [0.4, 0.5) is 10.3 Å². The minimum atomic E-state index is -0.255. The molecule has 0 saturated heterocycles. The minimum Gasteiger partial charge on any atom is -0.356 e. The molecule has 1 aromatic carbocycles. The summed E-state index contributed by atoms with van der Waals surface area (Å²) in [7, 11) is 0. The molecule has 0 fully saturated rings. The molecule has 2 rings (SSSR count). The molecule has 78 valence electrons. The van der Waals surface area contributed by atoms with E-state index in [0.29, 0.717) is 11.6 Å². The van der Waals surface area contributed by atoms with Gasteiger partial charge < -0.3 is 5.32 Å². The second kappa shape index (κ2) is 4.13. The summed E-state index contributed by atoms with van der Waals surface area (Å²) in [6.07, 6.45) is 3.38. The fourth-order valence-electron chi connectivity index (χ4n) is 1.43. The summed E-state index contributed by atoms with van der Waals surface area (Å²) < 4.78 is 15.2. The standard InChI is InChI=1S/C11H12FN3/c1-2-13-11-14-7-8-15(11)10-6-4-3-5-9(10)12/h3-8H,2H2,1H3,(H,13,14). The number of imidazole rings is 1. The zero-order valence-corrected chi connectivity index (χ0v) is 8.44. The van der Waals surface area contributed by atoms with Crippen molar-refractivity contribution in [3.63, 3.8) is 0 Å². The number of para-hydroxylation sites is 1. The number of nitrogens with zero attached hydrogens (tertiary/aromatic N) is 2.